The van der Waals surface area contributed by atoms with E-state index in [4.69, 9.17) is 9.84 Å². The number of aromatic nitrogens is 4. The molecule has 0 saturated carbocycles. The van der Waals surface area contributed by atoms with Crippen molar-refractivity contribution in [1.29, 1.82) is 0 Å². The summed E-state index contributed by atoms with van der Waals surface area (Å²) in [5.74, 6) is 0.850. The van der Waals surface area contributed by atoms with Gasteiger partial charge in [0.05, 0.1) is 32.6 Å². The fraction of sp³-hybridized carbons (Fsp3) is 0.615. The van der Waals surface area contributed by atoms with Crippen molar-refractivity contribution in [3.63, 3.8) is 0 Å². The predicted molar refractivity (Wildman–Crippen MR) is 83.2 cm³/mol. The Morgan fingerprint density at radius 1 is 1.36 bits per heavy atom. The standard InChI is InChI=1S/C13H19N5O3S/c19-5-1-18-11-10(9-14-18)12(20)16-13(15-11)22-8-4-17-2-6-21-7-3-17/h9,19H,1-8H2,(H,15,16,20). The van der Waals surface area contributed by atoms with Gasteiger partial charge in [-0.25, -0.2) is 9.67 Å². The summed E-state index contributed by atoms with van der Waals surface area (Å²) in [5, 5.41) is 14.1. The summed E-state index contributed by atoms with van der Waals surface area (Å²) in [6.07, 6.45) is 1.49. The lowest BCUT2D eigenvalue weighted by Crippen LogP contribution is -2.37. The van der Waals surface area contributed by atoms with Gasteiger partial charge in [0.1, 0.15) is 5.39 Å². The molecule has 0 radical (unpaired) electrons. The van der Waals surface area contributed by atoms with Gasteiger partial charge in [-0.2, -0.15) is 5.10 Å². The summed E-state index contributed by atoms with van der Waals surface area (Å²) in [4.78, 5) is 21.6. The van der Waals surface area contributed by atoms with Crippen molar-refractivity contribution in [3.8, 4) is 0 Å². The minimum absolute atomic E-state index is 0.0369. The molecule has 0 unspecified atom stereocenters. The molecule has 0 aliphatic carbocycles. The first-order valence-corrected chi connectivity index (χ1v) is 8.26. The molecule has 0 atom stereocenters. The van der Waals surface area contributed by atoms with Crippen molar-refractivity contribution in [2.24, 2.45) is 0 Å². The molecule has 0 spiro atoms. The number of aromatic amines is 1. The molecule has 22 heavy (non-hydrogen) atoms. The van der Waals surface area contributed by atoms with E-state index < -0.39 is 0 Å². The van der Waals surface area contributed by atoms with Crippen LogP contribution in [0.2, 0.25) is 0 Å². The summed E-state index contributed by atoms with van der Waals surface area (Å²) in [6, 6.07) is 0. The highest BCUT2D eigenvalue weighted by Gasteiger charge is 2.12. The maximum Gasteiger partial charge on any atom is 0.262 e. The molecule has 0 aromatic carbocycles. The molecule has 120 valence electrons. The van der Waals surface area contributed by atoms with Gasteiger partial charge in [-0.3, -0.25) is 9.69 Å². The predicted octanol–water partition coefficient (Wildman–Crippen LogP) is -0.464. The highest BCUT2D eigenvalue weighted by Crippen LogP contribution is 2.15. The van der Waals surface area contributed by atoms with Gasteiger partial charge < -0.3 is 14.8 Å². The molecule has 2 aromatic rings. The maximum atomic E-state index is 12.0. The molecule has 0 amide bonds. The number of morpholine rings is 1. The minimum atomic E-state index is -0.192. The SMILES string of the molecule is O=c1[nH]c(SCCN2CCOCC2)nc2c1cnn2CCO. The number of fused-ring (bicyclic) bond motifs is 1. The van der Waals surface area contributed by atoms with Gasteiger partial charge >= 0.3 is 0 Å². The number of ether oxygens (including phenoxy) is 1. The first kappa shape index (κ1) is 15.5. The number of nitrogens with one attached hydrogen (secondary N) is 1. The third-order valence-electron chi connectivity index (χ3n) is 3.55. The van der Waals surface area contributed by atoms with Gasteiger partial charge in [-0.05, 0) is 0 Å². The highest BCUT2D eigenvalue weighted by molar-refractivity contribution is 7.99. The van der Waals surface area contributed by atoms with Crippen LogP contribution in [0.3, 0.4) is 0 Å². The normalized spacial score (nSPS) is 16.4. The fourth-order valence-electron chi connectivity index (χ4n) is 2.37. The lowest BCUT2D eigenvalue weighted by molar-refractivity contribution is 0.0410. The Hall–Kier alpha value is -1.42. The summed E-state index contributed by atoms with van der Waals surface area (Å²) in [5.41, 5.74) is 0.328. The second-order valence-corrected chi connectivity index (χ2v) is 6.09. The van der Waals surface area contributed by atoms with Gasteiger partial charge in [0.15, 0.2) is 10.8 Å². The van der Waals surface area contributed by atoms with E-state index in [0.717, 1.165) is 38.6 Å². The highest BCUT2D eigenvalue weighted by atomic mass is 32.2. The van der Waals surface area contributed by atoms with Crippen molar-refractivity contribution in [3.05, 3.63) is 16.6 Å². The summed E-state index contributed by atoms with van der Waals surface area (Å²) in [6.45, 7) is 4.70. The first-order valence-electron chi connectivity index (χ1n) is 7.27. The van der Waals surface area contributed by atoms with Crippen LogP contribution in [0.25, 0.3) is 11.0 Å². The largest absolute Gasteiger partial charge is 0.394 e. The van der Waals surface area contributed by atoms with Crippen LogP contribution in [0.1, 0.15) is 0 Å². The molecule has 1 aliphatic rings. The van der Waals surface area contributed by atoms with Crippen LogP contribution in [0.4, 0.5) is 0 Å². The Kier molecular flexibility index (Phi) is 5.08. The van der Waals surface area contributed by atoms with Crippen molar-refractivity contribution >= 4 is 22.8 Å². The summed E-state index contributed by atoms with van der Waals surface area (Å²) >= 11 is 1.52. The van der Waals surface area contributed by atoms with Gasteiger partial charge in [-0.15, -0.1) is 0 Å². The second kappa shape index (κ2) is 7.23. The van der Waals surface area contributed by atoms with Crippen LogP contribution < -0.4 is 5.56 Å². The third kappa shape index (κ3) is 3.49. The van der Waals surface area contributed by atoms with Gasteiger partial charge in [-0.1, -0.05) is 11.8 Å². The molecule has 1 aliphatic heterocycles. The van der Waals surface area contributed by atoms with E-state index in [9.17, 15) is 4.79 Å². The topological polar surface area (TPSA) is 96.3 Å². The fourth-order valence-corrected chi connectivity index (χ4v) is 3.23. The van der Waals surface area contributed by atoms with E-state index in [0.29, 0.717) is 22.7 Å². The Balaban J connectivity index is 1.67. The quantitative estimate of drug-likeness (QED) is 0.548. The van der Waals surface area contributed by atoms with Crippen LogP contribution in [0, 0.1) is 0 Å². The number of H-pyrrole nitrogens is 1. The summed E-state index contributed by atoms with van der Waals surface area (Å²) < 4.78 is 6.87. The Morgan fingerprint density at radius 3 is 2.95 bits per heavy atom. The number of rotatable bonds is 6. The third-order valence-corrected chi connectivity index (χ3v) is 4.40. The number of hydrogen-bond donors (Lipinski definition) is 2. The lowest BCUT2D eigenvalue weighted by Gasteiger charge is -2.26. The molecule has 1 fully saturated rings. The van der Waals surface area contributed by atoms with Crippen molar-refractivity contribution < 1.29 is 9.84 Å². The Morgan fingerprint density at radius 2 is 2.18 bits per heavy atom. The van der Waals surface area contributed by atoms with Crippen LogP contribution in [-0.4, -0.2) is 75.0 Å². The molecule has 1 saturated heterocycles. The van der Waals surface area contributed by atoms with Crippen LogP contribution in [-0.2, 0) is 11.3 Å². The molecule has 8 nitrogen and oxygen atoms in total. The number of hydrogen-bond acceptors (Lipinski definition) is 7. The summed E-state index contributed by atoms with van der Waals surface area (Å²) in [7, 11) is 0. The zero-order valence-electron chi connectivity index (χ0n) is 12.2. The number of aliphatic hydroxyl groups is 1. The molecule has 3 rings (SSSR count). The van der Waals surface area contributed by atoms with Gasteiger partial charge in [0, 0.05) is 25.4 Å². The van der Waals surface area contributed by atoms with Gasteiger partial charge in [0.2, 0.25) is 0 Å². The van der Waals surface area contributed by atoms with E-state index in [2.05, 4.69) is 20.0 Å². The van der Waals surface area contributed by atoms with Crippen molar-refractivity contribution in [1.82, 2.24) is 24.6 Å². The number of nitrogens with zero attached hydrogens (tertiary/aromatic N) is 4. The van der Waals surface area contributed by atoms with Gasteiger partial charge in [0.25, 0.3) is 5.56 Å². The smallest absolute Gasteiger partial charge is 0.262 e. The average molecular weight is 325 g/mol. The number of thioether (sulfide) groups is 1. The first-order chi connectivity index (χ1) is 10.8. The van der Waals surface area contributed by atoms with Crippen molar-refractivity contribution in [2.45, 2.75) is 11.7 Å². The van der Waals surface area contributed by atoms with Crippen LogP contribution in [0.15, 0.2) is 16.1 Å². The van der Waals surface area contributed by atoms with Crippen LogP contribution in [0.5, 0.6) is 0 Å². The van der Waals surface area contributed by atoms with Crippen LogP contribution >= 0.6 is 11.8 Å². The zero-order valence-corrected chi connectivity index (χ0v) is 13.0. The zero-order chi connectivity index (χ0) is 15.4. The van der Waals surface area contributed by atoms with E-state index in [-0.39, 0.29) is 12.2 Å². The van der Waals surface area contributed by atoms with E-state index >= 15 is 0 Å². The minimum Gasteiger partial charge on any atom is -0.394 e. The molecule has 3 heterocycles. The monoisotopic (exact) mass is 325 g/mol. The second-order valence-electron chi connectivity index (χ2n) is 5.00. The van der Waals surface area contributed by atoms with E-state index in [1.54, 1.807) is 4.68 Å². The molecule has 0 bridgehead atoms. The Labute approximate surface area is 131 Å². The number of aliphatic hydroxyl groups excluding tert-OH is 1. The Bertz CT molecular complexity index is 680. The molecule has 2 N–H and O–H groups in total. The van der Waals surface area contributed by atoms with Crippen molar-refractivity contribution in [2.75, 3.05) is 45.2 Å². The maximum absolute atomic E-state index is 12.0. The average Bonchev–Trinajstić information content (AvgIpc) is 2.93. The molecular formula is C13H19N5O3S. The molecular weight excluding hydrogens is 306 g/mol. The molecule has 2 aromatic heterocycles. The van der Waals surface area contributed by atoms with E-state index in [1.807, 2.05) is 0 Å². The van der Waals surface area contributed by atoms with E-state index in [1.165, 1.54) is 18.0 Å². The molecule has 9 heteroatoms. The lowest BCUT2D eigenvalue weighted by atomic mass is 10.4.